The van der Waals surface area contributed by atoms with E-state index in [4.69, 9.17) is 0 Å². The second-order valence-corrected chi connectivity index (χ2v) is 9.52. The van der Waals surface area contributed by atoms with Gasteiger partial charge < -0.3 is 15.1 Å². The number of hydrogen-bond acceptors (Lipinski definition) is 7. The number of rotatable bonds is 7. The Bertz CT molecular complexity index is 918. The second-order valence-electron chi connectivity index (χ2n) is 7.14. The number of nitrogens with zero attached hydrogens (tertiary/aromatic N) is 4. The van der Waals surface area contributed by atoms with Crippen LogP contribution in [0.2, 0.25) is 0 Å². The Kier molecular flexibility index (Phi) is 6.63. The molecular formula is C21H25N5OS2. The van der Waals surface area contributed by atoms with Gasteiger partial charge in [-0.1, -0.05) is 23.9 Å². The van der Waals surface area contributed by atoms with E-state index in [-0.39, 0.29) is 5.91 Å². The number of carbonyl (C=O) groups is 1. The molecule has 29 heavy (non-hydrogen) atoms. The lowest BCUT2D eigenvalue weighted by Gasteiger charge is -2.33. The van der Waals surface area contributed by atoms with Crippen LogP contribution < -0.4 is 10.2 Å². The standard InChI is InChI=1S/C21H25N5OS2/c1-25-10-12-26(13-11-25)19-9-8-16(15-22-19)23-20(27)7-4-14-28-21-24-17-5-2-3-6-18(17)29-21/h2-3,5-6,8-9,15H,4,7,10-14H2,1H3,(H,23,27). The number of thioether (sulfide) groups is 1. The van der Waals surface area contributed by atoms with Crippen LogP contribution in [-0.2, 0) is 4.79 Å². The van der Waals surface area contributed by atoms with Gasteiger partial charge in [0.1, 0.15) is 5.82 Å². The first-order chi connectivity index (χ1) is 14.2. The largest absolute Gasteiger partial charge is 0.354 e. The van der Waals surface area contributed by atoms with Crippen molar-refractivity contribution in [1.82, 2.24) is 14.9 Å². The molecule has 1 amide bonds. The monoisotopic (exact) mass is 427 g/mol. The van der Waals surface area contributed by atoms with Gasteiger partial charge in [-0.25, -0.2) is 9.97 Å². The highest BCUT2D eigenvalue weighted by Crippen LogP contribution is 2.29. The molecule has 0 bridgehead atoms. The van der Waals surface area contributed by atoms with Crippen LogP contribution >= 0.6 is 23.1 Å². The number of hydrogen-bond donors (Lipinski definition) is 1. The molecule has 1 aliphatic rings. The Hall–Kier alpha value is -2.16. The number of pyridine rings is 1. The van der Waals surface area contributed by atoms with E-state index in [9.17, 15) is 4.79 Å². The maximum absolute atomic E-state index is 12.2. The van der Waals surface area contributed by atoms with Gasteiger partial charge in [-0.05, 0) is 37.7 Å². The summed E-state index contributed by atoms with van der Waals surface area (Å²) in [6, 6.07) is 12.1. The van der Waals surface area contributed by atoms with E-state index in [2.05, 4.69) is 38.2 Å². The van der Waals surface area contributed by atoms with Gasteiger partial charge in [0.15, 0.2) is 4.34 Å². The molecule has 1 N–H and O–H groups in total. The molecule has 0 saturated carbocycles. The van der Waals surface area contributed by atoms with Crippen LogP contribution in [0.4, 0.5) is 11.5 Å². The quantitative estimate of drug-likeness (QED) is 0.455. The maximum atomic E-state index is 12.2. The zero-order valence-electron chi connectivity index (χ0n) is 16.5. The van der Waals surface area contributed by atoms with Gasteiger partial charge in [-0.2, -0.15) is 0 Å². The fraction of sp³-hybridized carbons (Fsp3) is 0.381. The first kappa shape index (κ1) is 20.1. The number of likely N-dealkylation sites (N-methyl/N-ethyl adjacent to an activating group) is 1. The number of fused-ring (bicyclic) bond motifs is 1. The third-order valence-electron chi connectivity index (χ3n) is 4.91. The van der Waals surface area contributed by atoms with Crippen LogP contribution in [-0.4, -0.2) is 59.8 Å². The van der Waals surface area contributed by atoms with Crippen LogP contribution in [0.3, 0.4) is 0 Å². The summed E-state index contributed by atoms with van der Waals surface area (Å²) < 4.78 is 2.27. The zero-order valence-corrected chi connectivity index (χ0v) is 18.1. The lowest BCUT2D eigenvalue weighted by Crippen LogP contribution is -2.44. The summed E-state index contributed by atoms with van der Waals surface area (Å²) in [5.74, 6) is 1.89. The summed E-state index contributed by atoms with van der Waals surface area (Å²) in [4.78, 5) is 25.9. The van der Waals surface area contributed by atoms with Crippen molar-refractivity contribution in [2.45, 2.75) is 17.2 Å². The Morgan fingerprint density at radius 1 is 1.17 bits per heavy atom. The fourth-order valence-corrected chi connectivity index (χ4v) is 5.29. The Morgan fingerprint density at radius 3 is 2.76 bits per heavy atom. The summed E-state index contributed by atoms with van der Waals surface area (Å²) in [6.45, 7) is 4.08. The molecule has 3 heterocycles. The third kappa shape index (κ3) is 5.46. The molecule has 152 valence electrons. The normalized spacial score (nSPS) is 15.0. The van der Waals surface area contributed by atoms with Crippen molar-refractivity contribution in [3.05, 3.63) is 42.6 Å². The topological polar surface area (TPSA) is 61.4 Å². The van der Waals surface area contributed by atoms with Gasteiger partial charge in [-0.3, -0.25) is 4.79 Å². The van der Waals surface area contributed by atoms with Crippen molar-refractivity contribution >= 4 is 50.7 Å². The number of thiazole rings is 1. The molecule has 6 nitrogen and oxygen atoms in total. The molecule has 2 aromatic heterocycles. The molecule has 4 rings (SSSR count). The molecule has 1 aromatic carbocycles. The minimum atomic E-state index is 0.0315. The molecule has 0 radical (unpaired) electrons. The molecule has 1 fully saturated rings. The molecule has 3 aromatic rings. The average molecular weight is 428 g/mol. The van der Waals surface area contributed by atoms with E-state index in [0.717, 1.165) is 59.7 Å². The van der Waals surface area contributed by atoms with Gasteiger partial charge >= 0.3 is 0 Å². The second kappa shape index (κ2) is 9.56. The van der Waals surface area contributed by atoms with Gasteiger partial charge in [-0.15, -0.1) is 11.3 Å². The van der Waals surface area contributed by atoms with Crippen molar-refractivity contribution in [3.63, 3.8) is 0 Å². The zero-order chi connectivity index (χ0) is 20.1. The highest BCUT2D eigenvalue weighted by molar-refractivity contribution is 8.01. The number of piperazine rings is 1. The average Bonchev–Trinajstić information content (AvgIpc) is 3.15. The SMILES string of the molecule is CN1CCN(c2ccc(NC(=O)CCCSc3nc4ccccc4s3)cn2)CC1. The van der Waals surface area contributed by atoms with Crippen molar-refractivity contribution in [2.24, 2.45) is 0 Å². The Morgan fingerprint density at radius 2 is 2.00 bits per heavy atom. The summed E-state index contributed by atoms with van der Waals surface area (Å²) in [5, 5.41) is 2.95. The van der Waals surface area contributed by atoms with E-state index in [1.54, 1.807) is 29.3 Å². The highest BCUT2D eigenvalue weighted by atomic mass is 32.2. The van der Waals surface area contributed by atoms with Crippen LogP contribution in [0.25, 0.3) is 10.2 Å². The summed E-state index contributed by atoms with van der Waals surface area (Å²) >= 11 is 3.43. The lowest BCUT2D eigenvalue weighted by atomic mass is 10.3. The van der Waals surface area contributed by atoms with E-state index in [0.29, 0.717) is 6.42 Å². The van der Waals surface area contributed by atoms with E-state index >= 15 is 0 Å². The predicted octanol–water partition coefficient (Wildman–Crippen LogP) is 3.95. The van der Waals surface area contributed by atoms with Crippen LogP contribution in [0.1, 0.15) is 12.8 Å². The molecule has 1 saturated heterocycles. The fourth-order valence-electron chi connectivity index (χ4n) is 3.21. The molecule has 1 aliphatic heterocycles. The summed E-state index contributed by atoms with van der Waals surface area (Å²) in [6.07, 6.45) is 3.07. The number of para-hydroxylation sites is 1. The number of carbonyl (C=O) groups excluding carboxylic acids is 1. The van der Waals surface area contributed by atoms with Gasteiger partial charge in [0.2, 0.25) is 5.91 Å². The third-order valence-corrected chi connectivity index (χ3v) is 7.17. The number of nitrogens with one attached hydrogen (secondary N) is 1. The van der Waals surface area contributed by atoms with E-state index in [1.165, 1.54) is 4.70 Å². The number of amides is 1. The minimum absolute atomic E-state index is 0.0315. The Labute approximate surface area is 179 Å². The first-order valence-electron chi connectivity index (χ1n) is 9.85. The van der Waals surface area contributed by atoms with E-state index < -0.39 is 0 Å². The van der Waals surface area contributed by atoms with Gasteiger partial charge in [0, 0.05) is 38.4 Å². The number of benzene rings is 1. The van der Waals surface area contributed by atoms with Crippen LogP contribution in [0, 0.1) is 0 Å². The summed E-state index contributed by atoms with van der Waals surface area (Å²) in [7, 11) is 2.14. The smallest absolute Gasteiger partial charge is 0.224 e. The van der Waals surface area contributed by atoms with Gasteiger partial charge in [0.25, 0.3) is 0 Å². The lowest BCUT2D eigenvalue weighted by molar-refractivity contribution is -0.116. The van der Waals surface area contributed by atoms with Gasteiger partial charge in [0.05, 0.1) is 22.1 Å². The minimum Gasteiger partial charge on any atom is -0.354 e. The highest BCUT2D eigenvalue weighted by Gasteiger charge is 2.15. The molecule has 8 heteroatoms. The summed E-state index contributed by atoms with van der Waals surface area (Å²) in [5.41, 5.74) is 1.80. The molecule has 0 unspecified atom stereocenters. The molecule has 0 aliphatic carbocycles. The van der Waals surface area contributed by atoms with Crippen molar-refractivity contribution in [3.8, 4) is 0 Å². The van der Waals surface area contributed by atoms with Crippen LogP contribution in [0.15, 0.2) is 46.9 Å². The molecule has 0 spiro atoms. The molecular weight excluding hydrogens is 402 g/mol. The maximum Gasteiger partial charge on any atom is 0.224 e. The van der Waals surface area contributed by atoms with Crippen molar-refractivity contribution in [1.29, 1.82) is 0 Å². The predicted molar refractivity (Wildman–Crippen MR) is 122 cm³/mol. The van der Waals surface area contributed by atoms with Crippen molar-refractivity contribution in [2.75, 3.05) is 49.2 Å². The van der Waals surface area contributed by atoms with E-state index in [1.807, 2.05) is 30.3 Å². The molecule has 0 atom stereocenters. The number of aromatic nitrogens is 2. The van der Waals surface area contributed by atoms with Crippen LogP contribution in [0.5, 0.6) is 0 Å². The Balaban J connectivity index is 1.19. The van der Waals surface area contributed by atoms with Crippen molar-refractivity contribution < 1.29 is 4.79 Å². The number of anilines is 2. The first-order valence-corrected chi connectivity index (χ1v) is 11.7.